The number of aromatic nitrogens is 1. The highest BCUT2D eigenvalue weighted by molar-refractivity contribution is 9.10. The van der Waals surface area contributed by atoms with E-state index >= 15 is 0 Å². The van der Waals surface area contributed by atoms with Crippen LogP contribution in [0, 0.1) is 6.92 Å². The molecule has 0 unspecified atom stereocenters. The zero-order valence-corrected chi connectivity index (χ0v) is 17.2. The molecule has 0 aliphatic rings. The van der Waals surface area contributed by atoms with Crippen LogP contribution in [0.25, 0.3) is 11.3 Å². The monoisotopic (exact) mass is 480 g/mol. The molecule has 1 N–H and O–H groups in total. The lowest BCUT2D eigenvalue weighted by atomic mass is 10.1. The number of rotatable bonds is 5. The molecule has 2 aromatic carbocycles. The van der Waals surface area contributed by atoms with Crippen molar-refractivity contribution in [1.82, 2.24) is 4.98 Å². The quantitative estimate of drug-likeness (QED) is 0.511. The Balaban J connectivity index is 1.64. The van der Waals surface area contributed by atoms with E-state index in [4.69, 9.17) is 4.74 Å². The topological polar surface area (TPSA) is 51.2 Å². The summed E-state index contributed by atoms with van der Waals surface area (Å²) in [4.78, 5) is 17.7. The highest BCUT2D eigenvalue weighted by Gasteiger charge is 2.12. The molecule has 1 heterocycles. The molecule has 0 radical (unpaired) electrons. The normalized spacial score (nSPS) is 10.5. The van der Waals surface area contributed by atoms with Crippen molar-refractivity contribution in [2.45, 2.75) is 6.92 Å². The third-order valence-electron chi connectivity index (χ3n) is 3.33. The standard InChI is InChI=1S/C18H14Br2N2O2S/c1-11-17(12-5-7-13(19)8-6-12)22-18(25-11)21-16(23)10-24-15-4-2-3-14(20)9-15/h2-9H,10H2,1H3,(H,21,22,23). The van der Waals surface area contributed by atoms with Gasteiger partial charge in [-0.05, 0) is 37.3 Å². The van der Waals surface area contributed by atoms with Crippen LogP contribution in [0.1, 0.15) is 4.88 Å². The van der Waals surface area contributed by atoms with E-state index in [1.807, 2.05) is 49.4 Å². The van der Waals surface area contributed by atoms with Gasteiger partial charge in [-0.2, -0.15) is 0 Å². The predicted molar refractivity (Wildman–Crippen MR) is 108 cm³/mol. The van der Waals surface area contributed by atoms with Gasteiger partial charge in [-0.15, -0.1) is 11.3 Å². The van der Waals surface area contributed by atoms with E-state index in [9.17, 15) is 4.79 Å². The van der Waals surface area contributed by atoms with Crippen molar-refractivity contribution >= 4 is 54.2 Å². The van der Waals surface area contributed by atoms with Crippen LogP contribution >= 0.6 is 43.2 Å². The number of anilines is 1. The molecule has 0 aliphatic heterocycles. The number of hydrogen-bond acceptors (Lipinski definition) is 4. The number of amides is 1. The van der Waals surface area contributed by atoms with Crippen LogP contribution in [-0.4, -0.2) is 17.5 Å². The summed E-state index contributed by atoms with van der Waals surface area (Å²) in [5.74, 6) is 0.395. The summed E-state index contributed by atoms with van der Waals surface area (Å²) < 4.78 is 7.40. The van der Waals surface area contributed by atoms with E-state index in [2.05, 4.69) is 42.2 Å². The molecule has 7 heteroatoms. The third-order valence-corrected chi connectivity index (χ3v) is 5.23. The molecule has 0 fully saturated rings. The molecule has 3 rings (SSSR count). The number of hydrogen-bond donors (Lipinski definition) is 1. The Bertz CT molecular complexity index is 894. The molecule has 1 aromatic heterocycles. The van der Waals surface area contributed by atoms with Crippen molar-refractivity contribution in [3.8, 4) is 17.0 Å². The molecule has 3 aromatic rings. The third kappa shape index (κ3) is 4.90. The molecule has 25 heavy (non-hydrogen) atoms. The van der Waals surface area contributed by atoms with Crippen molar-refractivity contribution in [3.63, 3.8) is 0 Å². The van der Waals surface area contributed by atoms with Crippen LogP contribution in [0.5, 0.6) is 5.75 Å². The molecule has 0 atom stereocenters. The molecule has 128 valence electrons. The van der Waals surface area contributed by atoms with E-state index in [-0.39, 0.29) is 12.5 Å². The van der Waals surface area contributed by atoms with Crippen LogP contribution in [0.2, 0.25) is 0 Å². The second-order valence-electron chi connectivity index (χ2n) is 5.22. The van der Waals surface area contributed by atoms with Crippen molar-refractivity contribution in [3.05, 3.63) is 62.4 Å². The molecule has 4 nitrogen and oxygen atoms in total. The molecular weight excluding hydrogens is 468 g/mol. The van der Waals surface area contributed by atoms with E-state index in [0.29, 0.717) is 10.9 Å². The maximum Gasteiger partial charge on any atom is 0.264 e. The Morgan fingerprint density at radius 3 is 2.64 bits per heavy atom. The maximum absolute atomic E-state index is 12.1. The average molecular weight is 482 g/mol. The lowest BCUT2D eigenvalue weighted by Crippen LogP contribution is -2.20. The van der Waals surface area contributed by atoms with Gasteiger partial charge >= 0.3 is 0 Å². The summed E-state index contributed by atoms with van der Waals surface area (Å²) in [6.07, 6.45) is 0. The van der Waals surface area contributed by atoms with Crippen molar-refractivity contribution in [2.75, 3.05) is 11.9 Å². The first-order valence-corrected chi connectivity index (χ1v) is 9.83. The molecule has 0 spiro atoms. The summed E-state index contributed by atoms with van der Waals surface area (Å²) >= 11 is 8.24. The summed E-state index contributed by atoms with van der Waals surface area (Å²) in [5.41, 5.74) is 1.89. The van der Waals surface area contributed by atoms with Gasteiger partial charge in [0.2, 0.25) is 0 Å². The number of ether oxygens (including phenoxy) is 1. The Morgan fingerprint density at radius 1 is 1.16 bits per heavy atom. The minimum atomic E-state index is -0.240. The van der Waals surface area contributed by atoms with Crippen molar-refractivity contribution < 1.29 is 9.53 Å². The summed E-state index contributed by atoms with van der Waals surface area (Å²) in [6.45, 7) is 1.92. The highest BCUT2D eigenvalue weighted by atomic mass is 79.9. The van der Waals surface area contributed by atoms with Gasteiger partial charge in [-0.25, -0.2) is 4.98 Å². The zero-order chi connectivity index (χ0) is 17.8. The van der Waals surface area contributed by atoms with Gasteiger partial charge in [0.1, 0.15) is 5.75 Å². The SMILES string of the molecule is Cc1sc(NC(=O)COc2cccc(Br)c2)nc1-c1ccc(Br)cc1. The number of benzene rings is 2. The summed E-state index contributed by atoms with van der Waals surface area (Å²) in [5, 5.41) is 3.36. The van der Waals surface area contributed by atoms with E-state index in [1.54, 1.807) is 6.07 Å². The second kappa shape index (κ2) is 8.12. The fourth-order valence-corrected chi connectivity index (χ4v) is 3.68. The van der Waals surface area contributed by atoms with Crippen LogP contribution in [-0.2, 0) is 4.79 Å². The number of aryl methyl sites for hydroxylation is 1. The largest absolute Gasteiger partial charge is 0.484 e. The zero-order valence-electron chi connectivity index (χ0n) is 13.3. The average Bonchev–Trinajstić information content (AvgIpc) is 2.94. The van der Waals surface area contributed by atoms with E-state index in [0.717, 1.165) is 25.1 Å². The van der Waals surface area contributed by atoms with Gasteiger partial charge in [0.15, 0.2) is 11.7 Å². The van der Waals surface area contributed by atoms with Crippen LogP contribution in [0.4, 0.5) is 5.13 Å². The van der Waals surface area contributed by atoms with Gasteiger partial charge in [0.25, 0.3) is 5.91 Å². The van der Waals surface area contributed by atoms with Gasteiger partial charge in [-0.1, -0.05) is 50.1 Å². The fourth-order valence-electron chi connectivity index (χ4n) is 2.19. The first-order valence-electron chi connectivity index (χ1n) is 7.43. The molecule has 0 saturated heterocycles. The highest BCUT2D eigenvalue weighted by Crippen LogP contribution is 2.31. The van der Waals surface area contributed by atoms with Crippen LogP contribution in [0.3, 0.4) is 0 Å². The van der Waals surface area contributed by atoms with Crippen LogP contribution < -0.4 is 10.1 Å². The smallest absolute Gasteiger partial charge is 0.264 e. The van der Waals surface area contributed by atoms with E-state index < -0.39 is 0 Å². The molecule has 1 amide bonds. The number of carbonyl (C=O) groups is 1. The lowest BCUT2D eigenvalue weighted by molar-refractivity contribution is -0.118. The summed E-state index contributed by atoms with van der Waals surface area (Å²) in [7, 11) is 0. The Kier molecular flexibility index (Phi) is 5.88. The van der Waals surface area contributed by atoms with Crippen molar-refractivity contribution in [1.29, 1.82) is 0 Å². The first kappa shape index (κ1) is 18.1. The number of carbonyl (C=O) groups excluding carboxylic acids is 1. The van der Waals surface area contributed by atoms with E-state index in [1.165, 1.54) is 11.3 Å². The summed E-state index contributed by atoms with van der Waals surface area (Å²) in [6, 6.07) is 15.3. The predicted octanol–water partition coefficient (Wildman–Crippen LogP) is 5.66. The van der Waals surface area contributed by atoms with Gasteiger partial charge < -0.3 is 4.74 Å². The van der Waals surface area contributed by atoms with Crippen LogP contribution in [0.15, 0.2) is 57.5 Å². The number of nitrogens with one attached hydrogen (secondary N) is 1. The molecule has 0 saturated carbocycles. The van der Waals surface area contributed by atoms with Gasteiger partial charge in [0, 0.05) is 19.4 Å². The minimum Gasteiger partial charge on any atom is -0.484 e. The number of nitrogens with zero attached hydrogens (tertiary/aromatic N) is 1. The second-order valence-corrected chi connectivity index (χ2v) is 8.26. The van der Waals surface area contributed by atoms with Crippen molar-refractivity contribution in [2.24, 2.45) is 0 Å². The minimum absolute atomic E-state index is 0.0668. The molecule has 0 aliphatic carbocycles. The van der Waals surface area contributed by atoms with Gasteiger partial charge in [0.05, 0.1) is 5.69 Å². The Hall–Kier alpha value is -1.70. The molecular formula is C18H14Br2N2O2S. The number of thiazole rings is 1. The maximum atomic E-state index is 12.1. The fraction of sp³-hybridized carbons (Fsp3) is 0.111. The number of halogens is 2. The molecule has 0 bridgehead atoms. The Morgan fingerprint density at radius 2 is 1.92 bits per heavy atom. The Labute approximate surface area is 166 Å². The van der Waals surface area contributed by atoms with Gasteiger partial charge in [-0.3, -0.25) is 10.1 Å². The lowest BCUT2D eigenvalue weighted by Gasteiger charge is -2.06. The first-order chi connectivity index (χ1) is 12.0.